The topological polar surface area (TPSA) is 157 Å². The molecule has 2 N–H and O–H groups in total. The van der Waals surface area contributed by atoms with Gasteiger partial charge >= 0.3 is 10.1 Å². The molecule has 1 aromatic heterocycles. The Morgan fingerprint density at radius 2 is 1.91 bits per heavy atom. The summed E-state index contributed by atoms with van der Waals surface area (Å²) in [6.07, 6.45) is 1.39. The quantitative estimate of drug-likeness (QED) is 0.114. The summed E-state index contributed by atoms with van der Waals surface area (Å²) in [5.41, 5.74) is 4.33. The molecule has 0 saturated heterocycles. The van der Waals surface area contributed by atoms with E-state index < -0.39 is 15.0 Å². The SMILES string of the molecule is O=C(CSc1nc2ccccc2[nH]1)N/N=C\c1ccc(OS(=O)(=O)c2cccc([N+](=O)[O-])c2)cc1. The summed E-state index contributed by atoms with van der Waals surface area (Å²) in [7, 11) is -4.25. The summed E-state index contributed by atoms with van der Waals surface area (Å²) in [5, 5.41) is 15.4. The smallest absolute Gasteiger partial charge is 0.339 e. The average Bonchev–Trinajstić information content (AvgIpc) is 3.27. The number of fused-ring (bicyclic) bond motifs is 1. The zero-order valence-electron chi connectivity index (χ0n) is 17.8. The van der Waals surface area contributed by atoms with E-state index in [0.29, 0.717) is 10.7 Å². The molecule has 0 unspecified atom stereocenters. The van der Waals surface area contributed by atoms with Gasteiger partial charge in [0.25, 0.3) is 11.6 Å². The van der Waals surface area contributed by atoms with Gasteiger partial charge in [-0.15, -0.1) is 0 Å². The molecule has 0 saturated carbocycles. The molecule has 0 aliphatic carbocycles. The van der Waals surface area contributed by atoms with Gasteiger partial charge in [-0.25, -0.2) is 10.4 Å². The highest BCUT2D eigenvalue weighted by Crippen LogP contribution is 2.22. The summed E-state index contributed by atoms with van der Waals surface area (Å²) in [6.45, 7) is 0. The van der Waals surface area contributed by atoms with Gasteiger partial charge in [-0.05, 0) is 48.0 Å². The highest BCUT2D eigenvalue weighted by Gasteiger charge is 2.19. The van der Waals surface area contributed by atoms with Gasteiger partial charge in [-0.1, -0.05) is 30.0 Å². The standard InChI is InChI=1S/C22H17N5O6S2/c28-21(14-34-22-24-19-6-1-2-7-20(19)25-22)26-23-13-15-8-10-17(11-9-15)33-35(31,32)18-5-3-4-16(12-18)27(29)30/h1-13H,14H2,(H,24,25)(H,26,28)/b23-13-. The summed E-state index contributed by atoms with van der Waals surface area (Å²) in [5.74, 6) is -0.200. The molecule has 0 radical (unpaired) electrons. The lowest BCUT2D eigenvalue weighted by Crippen LogP contribution is -2.19. The van der Waals surface area contributed by atoms with Crippen molar-refractivity contribution in [1.29, 1.82) is 0 Å². The maximum atomic E-state index is 12.4. The number of amides is 1. The number of benzene rings is 3. The van der Waals surface area contributed by atoms with Gasteiger partial charge < -0.3 is 9.17 Å². The third-order valence-corrected chi connectivity index (χ3v) is 6.63. The van der Waals surface area contributed by atoms with Crippen molar-refractivity contribution >= 4 is 50.7 Å². The number of imidazole rings is 1. The summed E-state index contributed by atoms with van der Waals surface area (Å²) in [4.78, 5) is 29.4. The minimum Gasteiger partial charge on any atom is -0.379 e. The second-order valence-electron chi connectivity index (χ2n) is 7.00. The van der Waals surface area contributed by atoms with E-state index in [1.165, 1.54) is 60.4 Å². The lowest BCUT2D eigenvalue weighted by molar-refractivity contribution is -0.385. The lowest BCUT2D eigenvalue weighted by atomic mass is 10.2. The molecule has 4 rings (SSSR count). The van der Waals surface area contributed by atoms with Crippen molar-refractivity contribution in [2.24, 2.45) is 5.10 Å². The van der Waals surface area contributed by atoms with Crippen LogP contribution in [0.25, 0.3) is 11.0 Å². The van der Waals surface area contributed by atoms with Crippen molar-refractivity contribution in [3.63, 3.8) is 0 Å². The van der Waals surface area contributed by atoms with Crippen LogP contribution in [-0.2, 0) is 14.9 Å². The highest BCUT2D eigenvalue weighted by molar-refractivity contribution is 7.99. The summed E-state index contributed by atoms with van der Waals surface area (Å²) in [6, 6.07) is 18.0. The Bertz CT molecular complexity index is 1480. The molecule has 1 amide bonds. The van der Waals surface area contributed by atoms with Gasteiger partial charge in [0.2, 0.25) is 0 Å². The second-order valence-corrected chi connectivity index (χ2v) is 9.51. The van der Waals surface area contributed by atoms with Crippen LogP contribution in [0.15, 0.2) is 87.9 Å². The normalized spacial score (nSPS) is 11.5. The molecule has 3 aromatic carbocycles. The number of carbonyl (C=O) groups excluding carboxylic acids is 1. The van der Waals surface area contributed by atoms with E-state index in [-0.39, 0.29) is 28.0 Å². The molecule has 0 atom stereocenters. The first-order chi connectivity index (χ1) is 16.8. The van der Waals surface area contributed by atoms with Crippen LogP contribution in [0.1, 0.15) is 5.56 Å². The van der Waals surface area contributed by atoms with E-state index in [9.17, 15) is 23.3 Å². The van der Waals surface area contributed by atoms with E-state index in [0.717, 1.165) is 17.1 Å². The number of aromatic nitrogens is 2. The molecule has 35 heavy (non-hydrogen) atoms. The van der Waals surface area contributed by atoms with Crippen molar-refractivity contribution < 1.29 is 22.3 Å². The van der Waals surface area contributed by atoms with E-state index in [1.54, 1.807) is 0 Å². The molecule has 0 bridgehead atoms. The van der Waals surface area contributed by atoms with Gasteiger partial charge in [0, 0.05) is 12.1 Å². The summed E-state index contributed by atoms with van der Waals surface area (Å²) >= 11 is 1.24. The van der Waals surface area contributed by atoms with Crippen LogP contribution in [0.2, 0.25) is 0 Å². The first-order valence-corrected chi connectivity index (χ1v) is 12.4. The maximum absolute atomic E-state index is 12.4. The average molecular weight is 512 g/mol. The number of H-pyrrole nitrogens is 1. The number of rotatable bonds is 9. The van der Waals surface area contributed by atoms with Crippen LogP contribution in [0.3, 0.4) is 0 Å². The number of nitrogens with zero attached hydrogens (tertiary/aromatic N) is 3. The molecule has 0 fully saturated rings. The third-order valence-electron chi connectivity index (χ3n) is 4.51. The largest absolute Gasteiger partial charge is 0.379 e. The number of carbonyl (C=O) groups is 1. The summed E-state index contributed by atoms with van der Waals surface area (Å²) < 4.78 is 29.8. The Morgan fingerprint density at radius 1 is 1.14 bits per heavy atom. The number of non-ortho nitro benzene ring substituents is 1. The number of thioether (sulfide) groups is 1. The monoisotopic (exact) mass is 511 g/mol. The van der Waals surface area contributed by atoms with E-state index in [2.05, 4.69) is 20.5 Å². The zero-order chi connectivity index (χ0) is 24.8. The molecule has 13 heteroatoms. The van der Waals surface area contributed by atoms with E-state index in [4.69, 9.17) is 4.18 Å². The van der Waals surface area contributed by atoms with Gasteiger partial charge in [0.1, 0.15) is 10.6 Å². The highest BCUT2D eigenvalue weighted by atomic mass is 32.2. The Balaban J connectivity index is 1.29. The number of hydrogen-bond acceptors (Lipinski definition) is 9. The molecule has 0 spiro atoms. The second kappa shape index (κ2) is 10.4. The van der Waals surface area contributed by atoms with E-state index >= 15 is 0 Å². The molecule has 0 aliphatic rings. The number of nitrogens with one attached hydrogen (secondary N) is 2. The number of nitro groups is 1. The molecular formula is C22H17N5O6S2. The van der Waals surface area contributed by atoms with Crippen molar-refractivity contribution in [3.05, 3.63) is 88.5 Å². The number of hydrogen-bond donors (Lipinski definition) is 2. The first kappa shape index (κ1) is 23.9. The van der Waals surface area contributed by atoms with Crippen LogP contribution >= 0.6 is 11.8 Å². The predicted octanol–water partition coefficient (Wildman–Crippen LogP) is 3.48. The van der Waals surface area contributed by atoms with Gasteiger partial charge in [0.05, 0.1) is 27.9 Å². The maximum Gasteiger partial charge on any atom is 0.339 e. The third kappa shape index (κ3) is 6.22. The predicted molar refractivity (Wildman–Crippen MR) is 130 cm³/mol. The molecule has 1 heterocycles. The fraction of sp³-hybridized carbons (Fsp3) is 0.0455. The number of para-hydroxylation sites is 2. The molecular weight excluding hydrogens is 494 g/mol. The number of aromatic amines is 1. The van der Waals surface area contributed by atoms with Gasteiger partial charge in [-0.3, -0.25) is 14.9 Å². The number of nitro benzene ring substituents is 1. The van der Waals surface area contributed by atoms with Crippen molar-refractivity contribution in [2.45, 2.75) is 10.1 Å². The van der Waals surface area contributed by atoms with Gasteiger partial charge in [-0.2, -0.15) is 13.5 Å². The van der Waals surface area contributed by atoms with Crippen LogP contribution in [0, 0.1) is 10.1 Å². The fourth-order valence-corrected chi connectivity index (χ4v) is 4.53. The zero-order valence-corrected chi connectivity index (χ0v) is 19.5. The van der Waals surface area contributed by atoms with Crippen LogP contribution in [-0.4, -0.2) is 41.2 Å². The molecule has 178 valence electrons. The van der Waals surface area contributed by atoms with Crippen molar-refractivity contribution in [2.75, 3.05) is 5.75 Å². The molecule has 4 aromatic rings. The lowest BCUT2D eigenvalue weighted by Gasteiger charge is -2.07. The number of hydrazone groups is 1. The van der Waals surface area contributed by atoms with Crippen LogP contribution in [0.4, 0.5) is 5.69 Å². The van der Waals surface area contributed by atoms with Crippen LogP contribution in [0.5, 0.6) is 5.75 Å². The van der Waals surface area contributed by atoms with Crippen LogP contribution < -0.4 is 9.61 Å². The Morgan fingerprint density at radius 3 is 2.66 bits per heavy atom. The minimum absolute atomic E-state index is 0.0138. The van der Waals surface area contributed by atoms with Crippen molar-refractivity contribution in [1.82, 2.24) is 15.4 Å². The van der Waals surface area contributed by atoms with E-state index in [1.807, 2.05) is 24.3 Å². The van der Waals surface area contributed by atoms with Crippen molar-refractivity contribution in [3.8, 4) is 5.75 Å². The molecule has 11 nitrogen and oxygen atoms in total. The van der Waals surface area contributed by atoms with Gasteiger partial charge in [0.15, 0.2) is 5.16 Å². The molecule has 0 aliphatic heterocycles. The fourth-order valence-electron chi connectivity index (χ4n) is 2.88. The Kier molecular flexibility index (Phi) is 7.08. The Hall–Kier alpha value is -4.23. The first-order valence-electron chi connectivity index (χ1n) is 9.99. The Labute approximate surface area is 203 Å². The minimum atomic E-state index is -4.25.